The predicted molar refractivity (Wildman–Crippen MR) is 183 cm³/mol. The maximum Gasteiger partial charge on any atom is 0.347 e. The minimum absolute atomic E-state index is 0.287. The molecule has 2 N–H and O–H groups in total. The predicted octanol–water partition coefficient (Wildman–Crippen LogP) is 7.99. The van der Waals surface area contributed by atoms with E-state index in [4.69, 9.17) is 5.73 Å². The van der Waals surface area contributed by atoms with Crippen LogP contribution in [0.5, 0.6) is 0 Å². The van der Waals surface area contributed by atoms with E-state index in [1.165, 1.54) is 62.6 Å². The molecule has 9 nitrogen and oxygen atoms in total. The molecule has 0 aliphatic heterocycles. The van der Waals surface area contributed by atoms with Crippen molar-refractivity contribution in [3.05, 3.63) is 123 Å². The quantitative estimate of drug-likeness (QED) is 0.0375. The Morgan fingerprint density at radius 1 is 0.652 bits per heavy atom. The molecule has 0 saturated heterocycles. The number of aromatic nitrogens is 2. The van der Waals surface area contributed by atoms with Gasteiger partial charge in [-0.15, -0.1) is 0 Å². The number of unbranched alkanes of at least 4 members (excludes halogenated alkanes) is 9. The minimum atomic E-state index is -0.623. The van der Waals surface area contributed by atoms with Gasteiger partial charge in [0.25, 0.3) is 11.4 Å². The normalized spacial score (nSPS) is 11.5. The highest BCUT2D eigenvalue weighted by molar-refractivity contribution is 5.53. The molecule has 246 valence electrons. The van der Waals surface area contributed by atoms with Gasteiger partial charge < -0.3 is 5.73 Å². The van der Waals surface area contributed by atoms with E-state index in [9.17, 15) is 20.2 Å². The molecule has 0 aliphatic carbocycles. The largest absolute Gasteiger partial charge is 0.347 e. The Morgan fingerprint density at radius 2 is 1.24 bits per heavy atom. The molecule has 3 rings (SSSR count). The van der Waals surface area contributed by atoms with E-state index in [1.807, 2.05) is 18.3 Å². The number of benzene rings is 1. The number of hydrogen-bond acceptors (Lipinski definition) is 5. The van der Waals surface area contributed by atoms with Gasteiger partial charge in [-0.1, -0.05) is 56.4 Å². The first-order chi connectivity index (χ1) is 22.5. The Kier molecular flexibility index (Phi) is 16.9. The summed E-state index contributed by atoms with van der Waals surface area (Å²) in [6.45, 7) is 1.74. The Balaban J connectivity index is 1.28. The van der Waals surface area contributed by atoms with E-state index >= 15 is 0 Å². The molecule has 1 aromatic carbocycles. The first-order valence-electron chi connectivity index (χ1n) is 16.9. The van der Waals surface area contributed by atoms with E-state index in [1.54, 1.807) is 10.8 Å². The number of nitro groups is 2. The summed E-state index contributed by atoms with van der Waals surface area (Å²) in [6.07, 6.45) is 34.4. The van der Waals surface area contributed by atoms with Crippen molar-refractivity contribution in [3.8, 4) is 5.69 Å². The maximum absolute atomic E-state index is 11.5. The summed E-state index contributed by atoms with van der Waals surface area (Å²) in [5.41, 5.74) is 7.73. The molecule has 2 heterocycles. The van der Waals surface area contributed by atoms with Crippen LogP contribution in [0.1, 0.15) is 94.6 Å². The van der Waals surface area contributed by atoms with Crippen molar-refractivity contribution in [1.29, 1.82) is 0 Å². The number of rotatable bonds is 23. The third-order valence-corrected chi connectivity index (χ3v) is 8.07. The van der Waals surface area contributed by atoms with E-state index in [0.717, 1.165) is 76.1 Å². The first-order valence-corrected chi connectivity index (χ1v) is 16.9. The zero-order chi connectivity index (χ0) is 32.8. The second-order valence-electron chi connectivity index (χ2n) is 11.8. The Hall–Kier alpha value is -4.24. The van der Waals surface area contributed by atoms with Crippen LogP contribution in [0, 0.1) is 20.2 Å². The second-order valence-corrected chi connectivity index (χ2v) is 11.8. The van der Waals surface area contributed by atoms with E-state index < -0.39 is 9.85 Å². The van der Waals surface area contributed by atoms with Crippen molar-refractivity contribution in [2.24, 2.45) is 5.73 Å². The van der Waals surface area contributed by atoms with Gasteiger partial charge in [0.2, 0.25) is 0 Å². The highest BCUT2D eigenvalue weighted by Crippen LogP contribution is 2.24. The molecule has 0 unspecified atom stereocenters. The van der Waals surface area contributed by atoms with Crippen LogP contribution >= 0.6 is 0 Å². The van der Waals surface area contributed by atoms with Crippen LogP contribution in [0.15, 0.2) is 91.6 Å². The number of nitrogens with zero attached hydrogens (tertiary/aromatic N) is 4. The number of nitrogens with two attached hydrogens (primary N) is 1. The smallest absolute Gasteiger partial charge is 0.330 e. The van der Waals surface area contributed by atoms with Gasteiger partial charge in [-0.05, 0) is 76.5 Å². The summed E-state index contributed by atoms with van der Waals surface area (Å²) in [5, 5.41) is 22.6. The Bertz CT molecular complexity index is 1420. The Labute approximate surface area is 273 Å². The standard InChI is InChI=1S/C37H51N5O4/c38-26-16-12-8-4-2-1-3-6-10-14-20-33-22-18-28-39(31-33)27-17-13-9-5-7-11-15-21-34-23-19-29-40(32-34)36-25-24-35(41(43)44)30-37(36)42(45)46/h8-9,12-13,18-19,22-25,28-32H,1-7,10-11,14-17,20-21,26-27,38H2/q+2. The fourth-order valence-electron chi connectivity index (χ4n) is 5.53. The number of aryl methyl sites for hydroxylation is 3. The monoisotopic (exact) mass is 629 g/mol. The number of non-ortho nitro benzene ring substituents is 1. The molecular formula is C37H51N5O4+2. The van der Waals surface area contributed by atoms with Gasteiger partial charge in [-0.2, -0.15) is 4.57 Å². The summed E-state index contributed by atoms with van der Waals surface area (Å²) in [7, 11) is 0. The summed E-state index contributed by atoms with van der Waals surface area (Å²) in [6, 6.07) is 12.0. The first kappa shape index (κ1) is 36.2. The molecule has 0 fully saturated rings. The fourth-order valence-corrected chi connectivity index (χ4v) is 5.53. The molecule has 0 amide bonds. The highest BCUT2D eigenvalue weighted by atomic mass is 16.6. The summed E-state index contributed by atoms with van der Waals surface area (Å²) >= 11 is 0. The van der Waals surface area contributed by atoms with Crippen LogP contribution in [0.25, 0.3) is 5.69 Å². The average molecular weight is 630 g/mol. The van der Waals surface area contributed by atoms with Crippen molar-refractivity contribution < 1.29 is 19.0 Å². The molecular weight excluding hydrogens is 578 g/mol. The molecule has 0 atom stereocenters. The molecule has 0 bridgehead atoms. The lowest BCUT2D eigenvalue weighted by atomic mass is 10.1. The van der Waals surface area contributed by atoms with Gasteiger partial charge in [-0.25, -0.2) is 4.57 Å². The number of pyridine rings is 2. The van der Waals surface area contributed by atoms with E-state index in [2.05, 4.69) is 53.4 Å². The molecule has 2 aromatic heterocycles. The van der Waals surface area contributed by atoms with Crippen molar-refractivity contribution in [2.75, 3.05) is 6.54 Å². The molecule has 0 radical (unpaired) electrons. The SMILES string of the molecule is NCCC=CCCCCCCCCc1ccc[n+](CCC=CCCCCCc2ccc[n+](-c3ccc([N+](=O)[O-])cc3[N+](=O)[O-])c2)c1. The van der Waals surface area contributed by atoms with Gasteiger partial charge in [0.1, 0.15) is 6.07 Å². The number of nitro benzene ring substituents is 2. The zero-order valence-electron chi connectivity index (χ0n) is 27.2. The van der Waals surface area contributed by atoms with Gasteiger partial charge in [0, 0.05) is 41.8 Å². The third kappa shape index (κ3) is 13.8. The van der Waals surface area contributed by atoms with E-state index in [-0.39, 0.29) is 11.4 Å². The molecule has 0 spiro atoms. The lowest BCUT2D eigenvalue weighted by molar-refractivity contribution is -0.696. The fraction of sp³-hybridized carbons (Fsp3) is 0.459. The summed E-state index contributed by atoms with van der Waals surface area (Å²) < 4.78 is 3.97. The lowest BCUT2D eigenvalue weighted by Crippen LogP contribution is -2.32. The van der Waals surface area contributed by atoms with Crippen LogP contribution < -0.4 is 14.9 Å². The van der Waals surface area contributed by atoms with Crippen molar-refractivity contribution in [2.45, 2.75) is 103 Å². The minimum Gasteiger partial charge on any atom is -0.330 e. The molecule has 0 aliphatic rings. The van der Waals surface area contributed by atoms with E-state index in [0.29, 0.717) is 5.69 Å². The second kappa shape index (κ2) is 21.5. The van der Waals surface area contributed by atoms with Crippen LogP contribution in [0.2, 0.25) is 0 Å². The lowest BCUT2D eigenvalue weighted by Gasteiger charge is -2.03. The number of allylic oxidation sites excluding steroid dienone is 3. The summed E-state index contributed by atoms with van der Waals surface area (Å²) in [5.74, 6) is 0. The van der Waals surface area contributed by atoms with Crippen molar-refractivity contribution >= 4 is 11.4 Å². The zero-order valence-corrected chi connectivity index (χ0v) is 27.2. The van der Waals surface area contributed by atoms with Crippen LogP contribution in [-0.2, 0) is 19.4 Å². The van der Waals surface area contributed by atoms with Gasteiger partial charge in [-0.3, -0.25) is 20.2 Å². The molecule has 3 aromatic rings. The molecule has 46 heavy (non-hydrogen) atoms. The maximum atomic E-state index is 11.5. The Morgan fingerprint density at radius 3 is 1.91 bits per heavy atom. The van der Waals surface area contributed by atoms with Crippen LogP contribution in [0.3, 0.4) is 0 Å². The van der Waals surface area contributed by atoms with Crippen molar-refractivity contribution in [3.63, 3.8) is 0 Å². The summed E-state index contributed by atoms with van der Waals surface area (Å²) in [4.78, 5) is 21.4. The van der Waals surface area contributed by atoms with Crippen LogP contribution in [-0.4, -0.2) is 16.4 Å². The third-order valence-electron chi connectivity index (χ3n) is 8.07. The molecule has 0 saturated carbocycles. The van der Waals surface area contributed by atoms with Gasteiger partial charge in [0.15, 0.2) is 31.3 Å². The highest BCUT2D eigenvalue weighted by Gasteiger charge is 2.26. The van der Waals surface area contributed by atoms with Crippen LogP contribution in [0.4, 0.5) is 11.4 Å². The van der Waals surface area contributed by atoms with Gasteiger partial charge in [0.05, 0.1) is 9.85 Å². The topological polar surface area (TPSA) is 120 Å². The molecule has 9 heteroatoms. The number of hydrogen-bond donors (Lipinski definition) is 1. The van der Waals surface area contributed by atoms with Crippen molar-refractivity contribution in [1.82, 2.24) is 0 Å². The van der Waals surface area contributed by atoms with Gasteiger partial charge >= 0.3 is 5.69 Å². The average Bonchev–Trinajstić information content (AvgIpc) is 3.06.